The third kappa shape index (κ3) is 3.58. The fourth-order valence-corrected chi connectivity index (χ4v) is 4.23. The molecule has 4 aromatic rings. The molecule has 1 aromatic carbocycles. The highest BCUT2D eigenvalue weighted by Gasteiger charge is 2.25. The van der Waals surface area contributed by atoms with E-state index in [4.69, 9.17) is 10.1 Å². The Morgan fingerprint density at radius 1 is 1.10 bits per heavy atom. The average molecular weight is 400 g/mol. The molecule has 3 aromatic heterocycles. The fraction of sp³-hybridized carbons (Fsp3) is 0.304. The van der Waals surface area contributed by atoms with E-state index in [0.717, 1.165) is 48.8 Å². The van der Waals surface area contributed by atoms with Crippen LogP contribution in [0.3, 0.4) is 0 Å². The summed E-state index contributed by atoms with van der Waals surface area (Å²) in [5.74, 6) is 1.48. The molecule has 5 rings (SSSR count). The van der Waals surface area contributed by atoms with Gasteiger partial charge in [-0.15, -0.1) is 0 Å². The maximum atomic E-state index is 4.76. The summed E-state index contributed by atoms with van der Waals surface area (Å²) in [5.41, 5.74) is 5.85. The molecule has 152 valence electrons. The molecule has 7 heteroatoms. The van der Waals surface area contributed by atoms with Gasteiger partial charge >= 0.3 is 0 Å². The van der Waals surface area contributed by atoms with Crippen LogP contribution in [0.25, 0.3) is 5.82 Å². The van der Waals surface area contributed by atoms with Crippen LogP contribution in [-0.2, 0) is 13.0 Å². The first-order valence-corrected chi connectivity index (χ1v) is 10.4. The zero-order valence-electron chi connectivity index (χ0n) is 17.3. The van der Waals surface area contributed by atoms with E-state index in [1.807, 2.05) is 36.9 Å². The van der Waals surface area contributed by atoms with Gasteiger partial charge in [-0.3, -0.25) is 9.67 Å². The standard InChI is InChI=1S/C23H25N7/c1-16-11-17(2)30(28-16)23-14-24-13-22(27-23)26-20-9-6-10-21-19(20)12-25-29(21)15-18-7-4-3-5-8-18/h3-5,7-8,11-14,20H,6,9-10,15H2,1-2H3,(H,26,27). The third-order valence-electron chi connectivity index (χ3n) is 5.61. The molecule has 0 saturated carbocycles. The molecule has 0 bridgehead atoms. The Morgan fingerprint density at radius 3 is 2.77 bits per heavy atom. The second kappa shape index (κ2) is 7.74. The lowest BCUT2D eigenvalue weighted by molar-refractivity contribution is 0.555. The first-order chi connectivity index (χ1) is 14.7. The molecule has 0 amide bonds. The Hall–Kier alpha value is -3.48. The molecule has 1 aliphatic rings. The van der Waals surface area contributed by atoms with Crippen molar-refractivity contribution in [2.24, 2.45) is 0 Å². The molecule has 1 aliphatic carbocycles. The van der Waals surface area contributed by atoms with Gasteiger partial charge in [-0.25, -0.2) is 9.67 Å². The van der Waals surface area contributed by atoms with Crippen molar-refractivity contribution < 1.29 is 0 Å². The van der Waals surface area contributed by atoms with Crippen LogP contribution in [0.15, 0.2) is 55.0 Å². The Bertz CT molecular complexity index is 1160. The number of aryl methyl sites for hydroxylation is 2. The van der Waals surface area contributed by atoms with Crippen LogP contribution >= 0.6 is 0 Å². The van der Waals surface area contributed by atoms with Crippen LogP contribution in [0.2, 0.25) is 0 Å². The van der Waals surface area contributed by atoms with E-state index in [2.05, 4.69) is 44.3 Å². The first-order valence-electron chi connectivity index (χ1n) is 10.4. The maximum absolute atomic E-state index is 4.76. The quantitative estimate of drug-likeness (QED) is 0.549. The smallest absolute Gasteiger partial charge is 0.174 e. The van der Waals surface area contributed by atoms with Crippen molar-refractivity contribution in [3.05, 3.63) is 83.2 Å². The summed E-state index contributed by atoms with van der Waals surface area (Å²) in [6.45, 7) is 4.81. The molecule has 1 unspecified atom stereocenters. The summed E-state index contributed by atoms with van der Waals surface area (Å²) in [4.78, 5) is 9.15. The lowest BCUT2D eigenvalue weighted by Gasteiger charge is -2.24. The number of nitrogens with zero attached hydrogens (tertiary/aromatic N) is 6. The van der Waals surface area contributed by atoms with Crippen LogP contribution in [0.1, 0.15) is 47.1 Å². The van der Waals surface area contributed by atoms with Gasteiger partial charge < -0.3 is 5.32 Å². The lowest BCUT2D eigenvalue weighted by atomic mass is 9.93. The van der Waals surface area contributed by atoms with Gasteiger partial charge in [0.2, 0.25) is 0 Å². The molecule has 0 saturated heterocycles. The normalized spacial score (nSPS) is 15.7. The Morgan fingerprint density at radius 2 is 1.97 bits per heavy atom. The molecule has 1 N–H and O–H groups in total. The first kappa shape index (κ1) is 18.5. The zero-order chi connectivity index (χ0) is 20.5. The molecule has 3 heterocycles. The number of nitrogens with one attached hydrogen (secondary N) is 1. The third-order valence-corrected chi connectivity index (χ3v) is 5.61. The number of rotatable bonds is 5. The molecule has 0 aliphatic heterocycles. The van der Waals surface area contributed by atoms with Gasteiger partial charge in [0.15, 0.2) is 5.82 Å². The Balaban J connectivity index is 1.39. The van der Waals surface area contributed by atoms with E-state index in [0.29, 0.717) is 0 Å². The highest BCUT2D eigenvalue weighted by Crippen LogP contribution is 2.32. The predicted octanol–water partition coefficient (Wildman–Crippen LogP) is 4.01. The lowest BCUT2D eigenvalue weighted by Crippen LogP contribution is -2.19. The monoisotopic (exact) mass is 399 g/mol. The second-order valence-electron chi connectivity index (χ2n) is 7.88. The topological polar surface area (TPSA) is 73.5 Å². The summed E-state index contributed by atoms with van der Waals surface area (Å²) in [6.07, 6.45) is 8.75. The van der Waals surface area contributed by atoms with E-state index in [1.54, 1.807) is 12.4 Å². The summed E-state index contributed by atoms with van der Waals surface area (Å²) in [7, 11) is 0. The average Bonchev–Trinajstić information content (AvgIpc) is 3.32. The number of anilines is 1. The number of hydrogen-bond acceptors (Lipinski definition) is 5. The van der Waals surface area contributed by atoms with E-state index >= 15 is 0 Å². The van der Waals surface area contributed by atoms with Crippen molar-refractivity contribution in [1.29, 1.82) is 0 Å². The summed E-state index contributed by atoms with van der Waals surface area (Å²) in [6, 6.07) is 12.7. The van der Waals surface area contributed by atoms with Crippen LogP contribution in [0.4, 0.5) is 5.82 Å². The van der Waals surface area contributed by atoms with Crippen LogP contribution < -0.4 is 5.32 Å². The zero-order valence-corrected chi connectivity index (χ0v) is 17.3. The minimum absolute atomic E-state index is 0.184. The highest BCUT2D eigenvalue weighted by atomic mass is 15.3. The number of aromatic nitrogens is 6. The SMILES string of the molecule is Cc1cc(C)n(-c2cncc(NC3CCCc4c3cnn4Cc3ccccc3)n2)n1. The van der Waals surface area contributed by atoms with Crippen molar-refractivity contribution in [3.63, 3.8) is 0 Å². The predicted molar refractivity (Wildman–Crippen MR) is 116 cm³/mol. The molecule has 0 spiro atoms. The van der Waals surface area contributed by atoms with Crippen molar-refractivity contribution in [2.45, 2.75) is 45.7 Å². The van der Waals surface area contributed by atoms with Gasteiger partial charge in [0, 0.05) is 17.0 Å². The Labute approximate surface area is 175 Å². The van der Waals surface area contributed by atoms with Crippen LogP contribution in [0, 0.1) is 13.8 Å². The van der Waals surface area contributed by atoms with Crippen molar-refractivity contribution in [1.82, 2.24) is 29.5 Å². The van der Waals surface area contributed by atoms with E-state index in [1.165, 1.54) is 16.8 Å². The summed E-state index contributed by atoms with van der Waals surface area (Å²) < 4.78 is 3.97. The second-order valence-corrected chi connectivity index (χ2v) is 7.88. The minimum atomic E-state index is 0.184. The van der Waals surface area contributed by atoms with Gasteiger partial charge in [-0.2, -0.15) is 10.2 Å². The van der Waals surface area contributed by atoms with Gasteiger partial charge in [0.05, 0.1) is 36.9 Å². The largest absolute Gasteiger partial charge is 0.362 e. The van der Waals surface area contributed by atoms with Gasteiger partial charge in [0.1, 0.15) is 5.82 Å². The molecule has 1 atom stereocenters. The van der Waals surface area contributed by atoms with E-state index in [-0.39, 0.29) is 6.04 Å². The molecule has 7 nitrogen and oxygen atoms in total. The maximum Gasteiger partial charge on any atom is 0.174 e. The van der Waals surface area contributed by atoms with E-state index < -0.39 is 0 Å². The summed E-state index contributed by atoms with van der Waals surface area (Å²) >= 11 is 0. The van der Waals surface area contributed by atoms with Crippen molar-refractivity contribution in [2.75, 3.05) is 5.32 Å². The van der Waals surface area contributed by atoms with E-state index in [9.17, 15) is 0 Å². The number of hydrogen-bond donors (Lipinski definition) is 1. The van der Waals surface area contributed by atoms with Crippen LogP contribution in [-0.4, -0.2) is 29.5 Å². The van der Waals surface area contributed by atoms with Crippen LogP contribution in [0.5, 0.6) is 0 Å². The van der Waals surface area contributed by atoms with Gasteiger partial charge in [0.25, 0.3) is 0 Å². The number of fused-ring (bicyclic) bond motifs is 1. The van der Waals surface area contributed by atoms with Crippen molar-refractivity contribution >= 4 is 5.82 Å². The molecular formula is C23H25N7. The summed E-state index contributed by atoms with van der Waals surface area (Å²) in [5, 5.41) is 12.8. The van der Waals surface area contributed by atoms with Gasteiger partial charge in [-0.05, 0) is 44.7 Å². The molecule has 0 fully saturated rings. The van der Waals surface area contributed by atoms with Gasteiger partial charge in [-0.1, -0.05) is 30.3 Å². The van der Waals surface area contributed by atoms with Crippen molar-refractivity contribution in [3.8, 4) is 5.82 Å². The Kier molecular flexibility index (Phi) is 4.78. The molecule has 30 heavy (non-hydrogen) atoms. The minimum Gasteiger partial charge on any atom is -0.362 e. The molecular weight excluding hydrogens is 374 g/mol. The fourth-order valence-electron chi connectivity index (χ4n) is 4.23. The molecule has 0 radical (unpaired) electrons. The highest BCUT2D eigenvalue weighted by molar-refractivity contribution is 5.41. The number of benzene rings is 1.